The number of hydrogen-bond donors (Lipinski definition) is 0. The van der Waals surface area contributed by atoms with Crippen molar-refractivity contribution in [2.75, 3.05) is 13.2 Å². The molecule has 0 saturated carbocycles. The van der Waals surface area contributed by atoms with Crippen LogP contribution in [0.3, 0.4) is 0 Å². The van der Waals surface area contributed by atoms with Crippen molar-refractivity contribution in [1.82, 2.24) is 4.31 Å². The van der Waals surface area contributed by atoms with Crippen molar-refractivity contribution in [2.45, 2.75) is 4.90 Å². The average Bonchev–Trinajstić information content (AvgIpc) is 3.15. The lowest BCUT2D eigenvalue weighted by molar-refractivity contribution is 0.0483. The van der Waals surface area contributed by atoms with Gasteiger partial charge in [-0.1, -0.05) is 30.3 Å². The third-order valence-electron chi connectivity index (χ3n) is 4.07. The van der Waals surface area contributed by atoms with Gasteiger partial charge in [0.25, 0.3) is 15.9 Å². The van der Waals surface area contributed by atoms with Gasteiger partial charge in [-0.05, 0) is 29.7 Å². The summed E-state index contributed by atoms with van der Waals surface area (Å²) in [5, 5.41) is 0.942. The summed E-state index contributed by atoms with van der Waals surface area (Å²) in [5.41, 5.74) is 0.142. The van der Waals surface area contributed by atoms with Crippen molar-refractivity contribution in [2.24, 2.45) is 0 Å². The van der Waals surface area contributed by atoms with Crippen molar-refractivity contribution in [3.8, 4) is 0 Å². The van der Waals surface area contributed by atoms with Gasteiger partial charge in [0.05, 0.1) is 12.1 Å². The minimum atomic E-state index is -3.88. The SMILES string of the molecule is O=C(OCCN1C(=O)c2ccccc2S1(=O)=O)c1cc2ccccc2s1. The zero-order valence-electron chi connectivity index (χ0n) is 13.4. The molecule has 0 spiro atoms. The molecule has 4 rings (SSSR count). The molecule has 1 aliphatic rings. The Bertz CT molecular complexity index is 1100. The van der Waals surface area contributed by atoms with Crippen molar-refractivity contribution in [3.63, 3.8) is 0 Å². The Hall–Kier alpha value is -2.71. The van der Waals surface area contributed by atoms with E-state index >= 15 is 0 Å². The summed E-state index contributed by atoms with van der Waals surface area (Å²) in [6.45, 7) is -0.418. The van der Waals surface area contributed by atoms with Gasteiger partial charge in [-0.2, -0.15) is 0 Å². The number of carbonyl (C=O) groups is 2. The van der Waals surface area contributed by atoms with Gasteiger partial charge in [0, 0.05) is 4.70 Å². The molecule has 0 unspecified atom stereocenters. The number of carbonyl (C=O) groups excluding carboxylic acids is 2. The molecule has 1 aromatic heterocycles. The van der Waals surface area contributed by atoms with Crippen molar-refractivity contribution >= 4 is 43.3 Å². The van der Waals surface area contributed by atoms with Gasteiger partial charge in [-0.3, -0.25) is 4.79 Å². The third-order valence-corrected chi connectivity index (χ3v) is 7.00. The first-order valence-electron chi connectivity index (χ1n) is 7.80. The highest BCUT2D eigenvalue weighted by molar-refractivity contribution is 7.90. The third kappa shape index (κ3) is 2.67. The van der Waals surface area contributed by atoms with Crippen LogP contribution in [0.4, 0.5) is 0 Å². The molecule has 2 heterocycles. The predicted molar refractivity (Wildman–Crippen MR) is 96.8 cm³/mol. The van der Waals surface area contributed by atoms with Gasteiger partial charge < -0.3 is 4.74 Å². The van der Waals surface area contributed by atoms with E-state index in [1.807, 2.05) is 24.3 Å². The van der Waals surface area contributed by atoms with Crippen LogP contribution >= 0.6 is 11.3 Å². The molecule has 1 aliphatic heterocycles. The number of nitrogens with zero attached hydrogens (tertiary/aromatic N) is 1. The van der Waals surface area contributed by atoms with Gasteiger partial charge in [0.1, 0.15) is 16.4 Å². The summed E-state index contributed by atoms with van der Waals surface area (Å²) in [7, 11) is -3.88. The Morgan fingerprint density at radius 2 is 1.81 bits per heavy atom. The number of thiophene rings is 1. The highest BCUT2D eigenvalue weighted by Crippen LogP contribution is 2.30. The minimum absolute atomic E-state index is 0.0131. The largest absolute Gasteiger partial charge is 0.460 e. The van der Waals surface area contributed by atoms with Crippen LogP contribution in [0.2, 0.25) is 0 Å². The monoisotopic (exact) mass is 387 g/mol. The van der Waals surface area contributed by atoms with Crippen LogP contribution in [0.1, 0.15) is 20.0 Å². The number of amides is 1. The van der Waals surface area contributed by atoms with Crippen LogP contribution in [0, 0.1) is 0 Å². The molecule has 0 aliphatic carbocycles. The lowest BCUT2D eigenvalue weighted by atomic mass is 10.2. The van der Waals surface area contributed by atoms with E-state index in [0.717, 1.165) is 14.4 Å². The maximum atomic E-state index is 12.4. The maximum Gasteiger partial charge on any atom is 0.348 e. The molecule has 0 saturated heterocycles. The number of ether oxygens (including phenoxy) is 1. The maximum absolute atomic E-state index is 12.4. The summed E-state index contributed by atoms with van der Waals surface area (Å²) < 4.78 is 31.7. The van der Waals surface area contributed by atoms with Crippen LogP contribution in [0.25, 0.3) is 10.1 Å². The van der Waals surface area contributed by atoms with E-state index in [9.17, 15) is 18.0 Å². The highest BCUT2D eigenvalue weighted by atomic mass is 32.2. The first-order chi connectivity index (χ1) is 12.5. The summed E-state index contributed by atoms with van der Waals surface area (Å²) in [6, 6.07) is 15.3. The molecule has 0 atom stereocenters. The molecule has 0 fully saturated rings. The van der Waals surface area contributed by atoms with E-state index in [0.29, 0.717) is 4.88 Å². The van der Waals surface area contributed by atoms with E-state index in [1.54, 1.807) is 18.2 Å². The molecule has 2 aromatic carbocycles. The van der Waals surface area contributed by atoms with Crippen LogP contribution in [-0.2, 0) is 14.8 Å². The molecular formula is C18H13NO5S2. The van der Waals surface area contributed by atoms with Gasteiger partial charge in [0.15, 0.2) is 0 Å². The van der Waals surface area contributed by atoms with Crippen molar-refractivity contribution in [3.05, 3.63) is 65.0 Å². The number of fused-ring (bicyclic) bond motifs is 2. The fourth-order valence-corrected chi connectivity index (χ4v) is 5.34. The highest BCUT2D eigenvalue weighted by Gasteiger charge is 2.40. The Morgan fingerprint density at radius 1 is 1.08 bits per heavy atom. The fraction of sp³-hybridized carbons (Fsp3) is 0.111. The topological polar surface area (TPSA) is 80.8 Å². The second-order valence-electron chi connectivity index (χ2n) is 5.66. The number of rotatable bonds is 4. The van der Waals surface area contributed by atoms with Gasteiger partial charge in [0.2, 0.25) is 0 Å². The van der Waals surface area contributed by atoms with Crippen LogP contribution in [0.15, 0.2) is 59.5 Å². The molecule has 6 nitrogen and oxygen atoms in total. The predicted octanol–water partition coefficient (Wildman–Crippen LogP) is 2.90. The lowest BCUT2D eigenvalue weighted by Gasteiger charge is -2.14. The van der Waals surface area contributed by atoms with Gasteiger partial charge in [-0.25, -0.2) is 17.5 Å². The summed E-state index contributed by atoms with van der Waals surface area (Å²) in [5.74, 6) is -1.13. The molecule has 132 valence electrons. The Labute approximate surface area is 153 Å². The number of hydrogen-bond acceptors (Lipinski definition) is 6. The Kier molecular flexibility index (Phi) is 4.01. The quantitative estimate of drug-likeness (QED) is 0.643. The number of sulfonamides is 1. The lowest BCUT2D eigenvalue weighted by Crippen LogP contribution is -2.33. The van der Waals surface area contributed by atoms with Gasteiger partial charge >= 0.3 is 5.97 Å². The molecule has 0 radical (unpaired) electrons. The summed E-state index contributed by atoms with van der Waals surface area (Å²) >= 11 is 1.30. The van der Waals surface area contributed by atoms with E-state index in [-0.39, 0.29) is 23.6 Å². The standard InChI is InChI=1S/C18H13NO5S2/c20-17-13-6-2-4-8-16(13)26(22,23)19(17)9-10-24-18(21)15-11-12-5-1-3-7-14(12)25-15/h1-8,11H,9-10H2. The molecular weight excluding hydrogens is 374 g/mol. The number of esters is 1. The van der Waals surface area contributed by atoms with E-state index in [4.69, 9.17) is 4.74 Å². The molecule has 8 heteroatoms. The van der Waals surface area contributed by atoms with Crippen molar-refractivity contribution in [1.29, 1.82) is 0 Å². The molecule has 3 aromatic rings. The first kappa shape index (κ1) is 16.7. The fourth-order valence-electron chi connectivity index (χ4n) is 2.83. The first-order valence-corrected chi connectivity index (χ1v) is 10.1. The van der Waals surface area contributed by atoms with Crippen LogP contribution < -0.4 is 0 Å². The molecule has 1 amide bonds. The molecule has 0 N–H and O–H groups in total. The molecule has 0 bridgehead atoms. The second kappa shape index (κ2) is 6.22. The van der Waals surface area contributed by atoms with Gasteiger partial charge in [-0.15, -0.1) is 11.3 Å². The van der Waals surface area contributed by atoms with E-state index in [2.05, 4.69) is 0 Å². The Morgan fingerprint density at radius 3 is 2.58 bits per heavy atom. The van der Waals surface area contributed by atoms with Crippen molar-refractivity contribution < 1.29 is 22.7 Å². The second-order valence-corrected chi connectivity index (χ2v) is 8.58. The smallest absolute Gasteiger partial charge is 0.348 e. The minimum Gasteiger partial charge on any atom is -0.460 e. The normalized spacial score (nSPS) is 15.2. The summed E-state index contributed by atoms with van der Waals surface area (Å²) in [4.78, 5) is 24.9. The summed E-state index contributed by atoms with van der Waals surface area (Å²) in [6.07, 6.45) is 0. The number of benzene rings is 2. The van der Waals surface area contributed by atoms with Crippen LogP contribution in [-0.4, -0.2) is 37.8 Å². The van der Waals surface area contributed by atoms with Crippen LogP contribution in [0.5, 0.6) is 0 Å². The van der Waals surface area contributed by atoms with E-state index < -0.39 is 21.9 Å². The van der Waals surface area contributed by atoms with E-state index in [1.165, 1.54) is 23.5 Å². The zero-order valence-corrected chi connectivity index (χ0v) is 15.0. The Balaban J connectivity index is 1.45. The zero-order chi connectivity index (χ0) is 18.3. The molecule has 26 heavy (non-hydrogen) atoms. The average molecular weight is 387 g/mol.